The smallest absolute Gasteiger partial charge is 0.239 e. The monoisotopic (exact) mass is 253 g/mol. The van der Waals surface area contributed by atoms with Crippen LogP contribution in [0.4, 0.5) is 17.5 Å². The lowest BCUT2D eigenvalue weighted by molar-refractivity contribution is 0.756. The number of nitrogens with zero attached hydrogens (tertiary/aromatic N) is 4. The molecule has 2 aromatic rings. The van der Waals surface area contributed by atoms with Crippen LogP contribution in [0, 0.1) is 6.92 Å². The summed E-state index contributed by atoms with van der Waals surface area (Å²) in [5.41, 5.74) is 4.04. The van der Waals surface area contributed by atoms with Crippen LogP contribution in [0.15, 0.2) is 12.4 Å². The van der Waals surface area contributed by atoms with E-state index in [-0.39, 0.29) is 0 Å². The first kappa shape index (κ1) is 11.6. The van der Waals surface area contributed by atoms with Crippen LogP contribution in [-0.2, 0) is 7.05 Å². The topological polar surface area (TPSA) is 93.7 Å². The molecule has 0 aliphatic heterocycles. The number of nitrogens with two attached hydrogens (primary N) is 1. The van der Waals surface area contributed by atoms with Crippen molar-refractivity contribution < 1.29 is 0 Å². The number of hydrazine groups is 1. The van der Waals surface area contributed by atoms with Crippen molar-refractivity contribution in [2.24, 2.45) is 12.9 Å². The third kappa shape index (κ3) is 2.45. The van der Waals surface area contributed by atoms with Gasteiger partial charge in [0.05, 0.1) is 17.6 Å². The van der Waals surface area contributed by atoms with E-state index in [0.29, 0.717) is 16.8 Å². The molecule has 0 amide bonds. The minimum absolute atomic E-state index is 0.290. The van der Waals surface area contributed by atoms with Crippen LogP contribution in [0.25, 0.3) is 0 Å². The molecule has 2 aromatic heterocycles. The second kappa shape index (κ2) is 4.56. The fraction of sp³-hybridized carbons (Fsp3) is 0.222. The number of halogens is 1. The first-order valence-electron chi connectivity index (χ1n) is 4.86. The number of nitrogen functional groups attached to an aromatic ring is 1. The van der Waals surface area contributed by atoms with Crippen molar-refractivity contribution in [3.63, 3.8) is 0 Å². The molecule has 0 fully saturated rings. The second-order valence-corrected chi connectivity index (χ2v) is 3.87. The predicted molar refractivity (Wildman–Crippen MR) is 66.1 cm³/mol. The number of rotatable bonds is 3. The van der Waals surface area contributed by atoms with Gasteiger partial charge in [0.1, 0.15) is 5.02 Å². The number of hydrogen-bond acceptors (Lipinski definition) is 6. The van der Waals surface area contributed by atoms with Crippen LogP contribution in [-0.4, -0.2) is 19.7 Å². The minimum atomic E-state index is 0.290. The Labute approximate surface area is 103 Å². The van der Waals surface area contributed by atoms with Crippen molar-refractivity contribution in [2.45, 2.75) is 6.92 Å². The van der Waals surface area contributed by atoms with Crippen molar-refractivity contribution >= 4 is 29.1 Å². The van der Waals surface area contributed by atoms with Gasteiger partial charge >= 0.3 is 0 Å². The van der Waals surface area contributed by atoms with Gasteiger partial charge in [0.25, 0.3) is 0 Å². The number of nitrogens with one attached hydrogen (secondary N) is 2. The van der Waals surface area contributed by atoms with Gasteiger partial charge in [-0.2, -0.15) is 10.1 Å². The zero-order chi connectivity index (χ0) is 12.4. The fourth-order valence-corrected chi connectivity index (χ4v) is 1.51. The lowest BCUT2D eigenvalue weighted by Gasteiger charge is -2.07. The van der Waals surface area contributed by atoms with Crippen molar-refractivity contribution in [3.8, 4) is 0 Å². The van der Waals surface area contributed by atoms with E-state index < -0.39 is 0 Å². The summed E-state index contributed by atoms with van der Waals surface area (Å²) in [5.74, 6) is 6.00. The molecule has 17 heavy (non-hydrogen) atoms. The van der Waals surface area contributed by atoms with E-state index in [2.05, 4.69) is 25.8 Å². The van der Waals surface area contributed by atoms with E-state index in [1.165, 1.54) is 6.20 Å². The molecule has 8 heteroatoms. The summed E-state index contributed by atoms with van der Waals surface area (Å²) in [5, 5.41) is 7.69. The lowest BCUT2D eigenvalue weighted by atomic mass is 10.4. The first-order valence-corrected chi connectivity index (χ1v) is 5.24. The SMILES string of the molecule is Cc1nn(C)cc1Nc1nc(NN)ncc1Cl. The summed E-state index contributed by atoms with van der Waals surface area (Å²) in [6.45, 7) is 1.89. The number of hydrogen-bond donors (Lipinski definition) is 3. The van der Waals surface area contributed by atoms with E-state index in [9.17, 15) is 0 Å². The quantitative estimate of drug-likeness (QED) is 0.562. The maximum atomic E-state index is 5.98. The highest BCUT2D eigenvalue weighted by Gasteiger charge is 2.08. The molecule has 0 aliphatic rings. The highest BCUT2D eigenvalue weighted by atomic mass is 35.5. The molecular formula is C9H12ClN7. The van der Waals surface area contributed by atoms with Gasteiger partial charge in [-0.05, 0) is 6.92 Å². The van der Waals surface area contributed by atoms with Crippen molar-refractivity contribution in [3.05, 3.63) is 23.1 Å². The van der Waals surface area contributed by atoms with Gasteiger partial charge in [-0.25, -0.2) is 10.8 Å². The molecule has 90 valence electrons. The zero-order valence-electron chi connectivity index (χ0n) is 9.40. The van der Waals surface area contributed by atoms with Crippen LogP contribution in [0.5, 0.6) is 0 Å². The molecule has 2 heterocycles. The van der Waals surface area contributed by atoms with E-state index in [4.69, 9.17) is 17.4 Å². The van der Waals surface area contributed by atoms with Gasteiger partial charge in [0, 0.05) is 13.2 Å². The molecule has 0 atom stereocenters. The molecule has 2 rings (SSSR count). The Balaban J connectivity index is 2.32. The highest BCUT2D eigenvalue weighted by Crippen LogP contribution is 2.24. The Morgan fingerprint density at radius 2 is 2.24 bits per heavy atom. The molecule has 7 nitrogen and oxygen atoms in total. The van der Waals surface area contributed by atoms with Gasteiger partial charge in [0.2, 0.25) is 5.95 Å². The summed E-state index contributed by atoms with van der Waals surface area (Å²) >= 11 is 5.98. The molecule has 4 N–H and O–H groups in total. The standard InChI is InChI=1S/C9H12ClN7/c1-5-7(4-17(2)16-5)13-8-6(10)3-12-9(14-8)15-11/h3-4H,11H2,1-2H3,(H2,12,13,14,15). The molecule has 0 aromatic carbocycles. The largest absolute Gasteiger partial charge is 0.336 e. The van der Waals surface area contributed by atoms with Crippen LogP contribution < -0.4 is 16.6 Å². The van der Waals surface area contributed by atoms with Crippen LogP contribution in [0.3, 0.4) is 0 Å². The molecule has 0 spiro atoms. The Kier molecular flexibility index (Phi) is 3.12. The Bertz CT molecular complexity index is 536. The van der Waals surface area contributed by atoms with E-state index in [0.717, 1.165) is 11.4 Å². The maximum Gasteiger partial charge on any atom is 0.239 e. The number of aromatic nitrogens is 4. The van der Waals surface area contributed by atoms with Gasteiger partial charge in [-0.15, -0.1) is 0 Å². The van der Waals surface area contributed by atoms with Gasteiger partial charge in [-0.3, -0.25) is 10.1 Å². The number of anilines is 3. The molecule has 0 saturated heterocycles. The van der Waals surface area contributed by atoms with E-state index in [1.807, 2.05) is 20.2 Å². The van der Waals surface area contributed by atoms with Crippen molar-refractivity contribution in [1.29, 1.82) is 0 Å². The van der Waals surface area contributed by atoms with Gasteiger partial charge in [-0.1, -0.05) is 11.6 Å². The molecule has 0 unspecified atom stereocenters. The number of aryl methyl sites for hydroxylation is 2. The molecule has 0 saturated carbocycles. The molecule has 0 radical (unpaired) electrons. The average molecular weight is 254 g/mol. The second-order valence-electron chi connectivity index (χ2n) is 3.46. The summed E-state index contributed by atoms with van der Waals surface area (Å²) in [6.07, 6.45) is 3.31. The van der Waals surface area contributed by atoms with Crippen LogP contribution in [0.1, 0.15) is 5.69 Å². The van der Waals surface area contributed by atoms with Crippen molar-refractivity contribution in [1.82, 2.24) is 19.7 Å². The summed E-state index contributed by atoms with van der Waals surface area (Å²) in [4.78, 5) is 8.00. The van der Waals surface area contributed by atoms with E-state index in [1.54, 1.807) is 4.68 Å². The Morgan fingerprint density at radius 1 is 1.47 bits per heavy atom. The molecule has 0 aliphatic carbocycles. The summed E-state index contributed by atoms with van der Waals surface area (Å²) in [7, 11) is 1.84. The Morgan fingerprint density at radius 3 is 2.82 bits per heavy atom. The highest BCUT2D eigenvalue weighted by molar-refractivity contribution is 6.32. The van der Waals surface area contributed by atoms with E-state index >= 15 is 0 Å². The van der Waals surface area contributed by atoms with Crippen molar-refractivity contribution in [2.75, 3.05) is 10.7 Å². The Hall–Kier alpha value is -1.86. The summed E-state index contributed by atoms with van der Waals surface area (Å²) in [6, 6.07) is 0. The average Bonchev–Trinajstić information content (AvgIpc) is 2.60. The molecular weight excluding hydrogens is 242 g/mol. The van der Waals surface area contributed by atoms with Crippen LogP contribution >= 0.6 is 11.6 Å². The molecule has 0 bridgehead atoms. The first-order chi connectivity index (χ1) is 8.10. The van der Waals surface area contributed by atoms with Crippen LogP contribution in [0.2, 0.25) is 5.02 Å². The third-order valence-corrected chi connectivity index (χ3v) is 2.42. The predicted octanol–water partition coefficient (Wildman–Crippen LogP) is 1.20. The normalized spacial score (nSPS) is 10.4. The zero-order valence-corrected chi connectivity index (χ0v) is 10.2. The minimum Gasteiger partial charge on any atom is -0.336 e. The fourth-order valence-electron chi connectivity index (χ4n) is 1.37. The summed E-state index contributed by atoms with van der Waals surface area (Å²) < 4.78 is 1.70. The third-order valence-electron chi connectivity index (χ3n) is 2.14. The lowest BCUT2D eigenvalue weighted by Crippen LogP contribution is -2.11. The van der Waals surface area contributed by atoms with Gasteiger partial charge < -0.3 is 5.32 Å². The maximum absolute atomic E-state index is 5.98. The van der Waals surface area contributed by atoms with Gasteiger partial charge in [0.15, 0.2) is 5.82 Å².